The second kappa shape index (κ2) is 4.31. The third-order valence-electron chi connectivity index (χ3n) is 2.99. The lowest BCUT2D eigenvalue weighted by atomic mass is 9.95. The van der Waals surface area contributed by atoms with E-state index in [1.165, 1.54) is 5.56 Å². The average molecular weight is 222 g/mol. The molecule has 4 nitrogen and oxygen atoms in total. The molecule has 0 radical (unpaired) electrons. The summed E-state index contributed by atoms with van der Waals surface area (Å²) in [5.41, 5.74) is 8.50. The van der Waals surface area contributed by atoms with Gasteiger partial charge in [-0.2, -0.15) is 0 Å². The molecule has 0 aromatic heterocycles. The Balaban J connectivity index is 2.47. The summed E-state index contributed by atoms with van der Waals surface area (Å²) >= 11 is 0. The van der Waals surface area contributed by atoms with Gasteiger partial charge in [0.2, 0.25) is 0 Å². The summed E-state index contributed by atoms with van der Waals surface area (Å²) in [6.07, 6.45) is 0. The molecule has 0 spiro atoms. The zero-order valence-electron chi connectivity index (χ0n) is 9.99. The fourth-order valence-electron chi connectivity index (χ4n) is 2.21. The van der Waals surface area contributed by atoms with Crippen LogP contribution in [0.5, 0.6) is 11.5 Å². The van der Waals surface area contributed by atoms with E-state index >= 15 is 0 Å². The average Bonchev–Trinajstić information content (AvgIpc) is 2.27. The second-order valence-corrected chi connectivity index (χ2v) is 4.21. The predicted molar refractivity (Wildman–Crippen MR) is 62.8 cm³/mol. The third-order valence-corrected chi connectivity index (χ3v) is 2.99. The Morgan fingerprint density at radius 1 is 1.25 bits per heavy atom. The van der Waals surface area contributed by atoms with Crippen LogP contribution in [0.3, 0.4) is 0 Å². The van der Waals surface area contributed by atoms with Crippen LogP contribution in [0.4, 0.5) is 0 Å². The molecule has 1 aliphatic heterocycles. The number of likely N-dealkylation sites (N-methyl/N-ethyl adjacent to an activating group) is 1. The van der Waals surface area contributed by atoms with Crippen molar-refractivity contribution >= 4 is 0 Å². The van der Waals surface area contributed by atoms with E-state index < -0.39 is 0 Å². The molecule has 0 saturated heterocycles. The first-order valence-electron chi connectivity index (χ1n) is 5.34. The van der Waals surface area contributed by atoms with Gasteiger partial charge >= 0.3 is 0 Å². The zero-order chi connectivity index (χ0) is 11.7. The molecule has 88 valence electrons. The molecule has 1 atom stereocenters. The summed E-state index contributed by atoms with van der Waals surface area (Å²) in [5, 5.41) is 0. The zero-order valence-corrected chi connectivity index (χ0v) is 9.99. The van der Waals surface area contributed by atoms with Crippen LogP contribution in [-0.2, 0) is 6.54 Å². The van der Waals surface area contributed by atoms with Gasteiger partial charge in [0.05, 0.1) is 14.2 Å². The third kappa shape index (κ3) is 1.86. The van der Waals surface area contributed by atoms with Crippen molar-refractivity contribution in [2.75, 3.05) is 27.8 Å². The van der Waals surface area contributed by atoms with E-state index in [0.717, 1.165) is 30.2 Å². The fraction of sp³-hybridized carbons (Fsp3) is 0.500. The molecule has 1 heterocycles. The molecule has 0 amide bonds. The fourth-order valence-corrected chi connectivity index (χ4v) is 2.21. The topological polar surface area (TPSA) is 47.7 Å². The highest BCUT2D eigenvalue weighted by Crippen LogP contribution is 2.35. The van der Waals surface area contributed by atoms with Crippen LogP contribution in [0.2, 0.25) is 0 Å². The van der Waals surface area contributed by atoms with Crippen molar-refractivity contribution in [1.29, 1.82) is 0 Å². The number of rotatable bonds is 2. The first kappa shape index (κ1) is 11.2. The molecule has 2 N–H and O–H groups in total. The Hall–Kier alpha value is -1.26. The van der Waals surface area contributed by atoms with Crippen molar-refractivity contribution in [3.8, 4) is 11.5 Å². The molecule has 1 unspecified atom stereocenters. The van der Waals surface area contributed by atoms with Crippen LogP contribution in [-0.4, -0.2) is 32.7 Å². The van der Waals surface area contributed by atoms with Crippen molar-refractivity contribution in [1.82, 2.24) is 4.90 Å². The number of nitrogens with zero attached hydrogens (tertiary/aromatic N) is 1. The smallest absolute Gasteiger partial charge is 0.161 e. The van der Waals surface area contributed by atoms with Gasteiger partial charge < -0.3 is 20.1 Å². The first-order chi connectivity index (χ1) is 7.65. The molecule has 1 aliphatic rings. The maximum atomic E-state index is 6.11. The molecule has 1 aromatic rings. The monoisotopic (exact) mass is 222 g/mol. The van der Waals surface area contributed by atoms with Crippen LogP contribution in [0, 0.1) is 0 Å². The van der Waals surface area contributed by atoms with Crippen LogP contribution in [0.25, 0.3) is 0 Å². The lowest BCUT2D eigenvalue weighted by Gasteiger charge is -2.30. The van der Waals surface area contributed by atoms with Gasteiger partial charge in [-0.3, -0.25) is 0 Å². The van der Waals surface area contributed by atoms with Crippen molar-refractivity contribution < 1.29 is 9.47 Å². The highest BCUT2D eigenvalue weighted by atomic mass is 16.5. The lowest BCUT2D eigenvalue weighted by Crippen LogP contribution is -2.34. The van der Waals surface area contributed by atoms with Crippen LogP contribution in [0.1, 0.15) is 17.2 Å². The molecule has 16 heavy (non-hydrogen) atoms. The van der Waals surface area contributed by atoms with Crippen molar-refractivity contribution in [2.24, 2.45) is 5.73 Å². The molecule has 0 aliphatic carbocycles. The number of nitrogens with two attached hydrogens (primary N) is 1. The van der Waals surface area contributed by atoms with Crippen LogP contribution in [0.15, 0.2) is 12.1 Å². The van der Waals surface area contributed by atoms with E-state index in [2.05, 4.69) is 11.9 Å². The van der Waals surface area contributed by atoms with E-state index in [1.54, 1.807) is 14.2 Å². The van der Waals surface area contributed by atoms with Crippen molar-refractivity contribution in [3.05, 3.63) is 23.3 Å². The molecule has 1 aromatic carbocycles. The lowest BCUT2D eigenvalue weighted by molar-refractivity contribution is 0.280. The summed E-state index contributed by atoms with van der Waals surface area (Å²) in [6, 6.07) is 4.06. The minimum absolute atomic E-state index is 0.0496. The Labute approximate surface area is 95.9 Å². The normalized spacial score (nSPS) is 20.4. The summed E-state index contributed by atoms with van der Waals surface area (Å²) in [7, 11) is 5.36. The van der Waals surface area contributed by atoms with Gasteiger partial charge in [0, 0.05) is 19.1 Å². The quantitative estimate of drug-likeness (QED) is 0.815. The van der Waals surface area contributed by atoms with Crippen LogP contribution < -0.4 is 15.2 Å². The van der Waals surface area contributed by atoms with Gasteiger partial charge in [-0.05, 0) is 30.3 Å². The summed E-state index contributed by atoms with van der Waals surface area (Å²) in [6.45, 7) is 1.78. The SMILES string of the molecule is COc1cc2c(cc1OC)C(N)CN(C)C2. The number of hydrogen-bond donors (Lipinski definition) is 1. The molecule has 0 fully saturated rings. The van der Waals surface area contributed by atoms with Gasteiger partial charge in [-0.25, -0.2) is 0 Å². The minimum Gasteiger partial charge on any atom is -0.493 e. The molecule has 0 bridgehead atoms. The number of benzene rings is 1. The Kier molecular flexibility index (Phi) is 3.03. The van der Waals surface area contributed by atoms with E-state index in [0.29, 0.717) is 0 Å². The number of fused-ring (bicyclic) bond motifs is 1. The minimum atomic E-state index is 0.0496. The van der Waals surface area contributed by atoms with Gasteiger partial charge in [0.25, 0.3) is 0 Å². The molecule has 0 saturated carbocycles. The predicted octanol–water partition coefficient (Wildman–Crippen LogP) is 1.15. The van der Waals surface area contributed by atoms with E-state index in [-0.39, 0.29) is 6.04 Å². The summed E-state index contributed by atoms with van der Waals surface area (Å²) < 4.78 is 10.6. The number of methoxy groups -OCH3 is 2. The molecular formula is C12H18N2O2. The van der Waals surface area contributed by atoms with Gasteiger partial charge in [0.1, 0.15) is 0 Å². The standard InChI is InChI=1S/C12H18N2O2/c1-14-6-8-4-11(15-2)12(16-3)5-9(8)10(13)7-14/h4-5,10H,6-7,13H2,1-3H3. The van der Waals surface area contributed by atoms with E-state index in [9.17, 15) is 0 Å². The Morgan fingerprint density at radius 2 is 1.88 bits per heavy atom. The Bertz CT molecular complexity index is 393. The molecule has 2 rings (SSSR count). The summed E-state index contributed by atoms with van der Waals surface area (Å²) in [4.78, 5) is 2.21. The molecule has 4 heteroatoms. The van der Waals surface area contributed by atoms with Gasteiger partial charge in [-0.15, -0.1) is 0 Å². The van der Waals surface area contributed by atoms with Crippen molar-refractivity contribution in [3.63, 3.8) is 0 Å². The van der Waals surface area contributed by atoms with Crippen molar-refractivity contribution in [2.45, 2.75) is 12.6 Å². The van der Waals surface area contributed by atoms with E-state index in [4.69, 9.17) is 15.2 Å². The molecular weight excluding hydrogens is 204 g/mol. The van der Waals surface area contributed by atoms with Gasteiger partial charge in [0.15, 0.2) is 11.5 Å². The first-order valence-corrected chi connectivity index (χ1v) is 5.34. The number of ether oxygens (including phenoxy) is 2. The maximum absolute atomic E-state index is 6.11. The van der Waals surface area contributed by atoms with E-state index in [1.807, 2.05) is 12.1 Å². The maximum Gasteiger partial charge on any atom is 0.161 e. The largest absolute Gasteiger partial charge is 0.493 e. The van der Waals surface area contributed by atoms with Crippen LogP contribution >= 0.6 is 0 Å². The number of hydrogen-bond acceptors (Lipinski definition) is 4. The second-order valence-electron chi connectivity index (χ2n) is 4.21. The summed E-state index contributed by atoms with van der Waals surface area (Å²) in [5.74, 6) is 1.52. The highest BCUT2D eigenvalue weighted by Gasteiger charge is 2.22. The van der Waals surface area contributed by atoms with Gasteiger partial charge in [-0.1, -0.05) is 0 Å². The Morgan fingerprint density at radius 3 is 2.50 bits per heavy atom. The highest BCUT2D eigenvalue weighted by molar-refractivity contribution is 5.49.